The van der Waals surface area contributed by atoms with Crippen LogP contribution in [0.4, 0.5) is 5.69 Å². The highest BCUT2D eigenvalue weighted by atomic mass is 79.9. The number of sulfonamides is 1. The largest absolute Gasteiger partial charge is 0.495 e. The van der Waals surface area contributed by atoms with Crippen molar-refractivity contribution in [1.82, 2.24) is 0 Å². The fourth-order valence-electron chi connectivity index (χ4n) is 1.07. The Bertz CT molecular complexity index is 551. The van der Waals surface area contributed by atoms with Crippen molar-refractivity contribution in [2.45, 2.75) is 12.2 Å². The summed E-state index contributed by atoms with van der Waals surface area (Å²) < 4.78 is 31.5. The molecule has 0 heterocycles. The van der Waals surface area contributed by atoms with Crippen molar-refractivity contribution in [2.75, 3.05) is 11.8 Å². The van der Waals surface area contributed by atoms with E-state index in [9.17, 15) is 8.42 Å². The number of ether oxygens (including phenoxy) is 1. The average molecular weight is 319 g/mol. The minimum atomic E-state index is -3.72. The Balaban J connectivity index is 3.12. The zero-order chi connectivity index (χ0) is 13.1. The van der Waals surface area contributed by atoms with Crippen LogP contribution < -0.4 is 9.46 Å². The maximum atomic E-state index is 11.7. The van der Waals surface area contributed by atoms with Crippen LogP contribution in [0.25, 0.3) is 0 Å². The number of nitriles is 1. The Kier molecular flexibility index (Phi) is 4.37. The van der Waals surface area contributed by atoms with Crippen molar-refractivity contribution in [3.63, 3.8) is 0 Å². The second-order valence-corrected chi connectivity index (χ2v) is 6.18. The van der Waals surface area contributed by atoms with Crippen molar-refractivity contribution in [3.05, 3.63) is 22.7 Å². The predicted octanol–water partition coefficient (Wildman–Crippen LogP) is 2.11. The van der Waals surface area contributed by atoms with Crippen molar-refractivity contribution in [1.29, 1.82) is 5.26 Å². The zero-order valence-electron chi connectivity index (χ0n) is 9.27. The van der Waals surface area contributed by atoms with Crippen LogP contribution in [0.15, 0.2) is 22.7 Å². The molecule has 0 amide bonds. The monoisotopic (exact) mass is 318 g/mol. The van der Waals surface area contributed by atoms with E-state index in [1.807, 2.05) is 0 Å². The van der Waals surface area contributed by atoms with Gasteiger partial charge >= 0.3 is 0 Å². The van der Waals surface area contributed by atoms with Crippen LogP contribution in [0.3, 0.4) is 0 Å². The highest BCUT2D eigenvalue weighted by Crippen LogP contribution is 2.29. The lowest BCUT2D eigenvalue weighted by atomic mass is 10.3. The lowest BCUT2D eigenvalue weighted by Crippen LogP contribution is -2.24. The first-order valence-corrected chi connectivity index (χ1v) is 6.99. The van der Waals surface area contributed by atoms with Gasteiger partial charge in [-0.05, 0) is 25.1 Å². The average Bonchev–Trinajstić information content (AvgIpc) is 2.27. The Labute approximate surface area is 109 Å². The van der Waals surface area contributed by atoms with Gasteiger partial charge in [-0.3, -0.25) is 4.72 Å². The molecule has 0 aliphatic heterocycles. The van der Waals surface area contributed by atoms with E-state index in [2.05, 4.69) is 20.7 Å². The Morgan fingerprint density at radius 1 is 1.53 bits per heavy atom. The number of nitrogens with one attached hydrogen (secondary N) is 1. The Morgan fingerprint density at radius 2 is 2.18 bits per heavy atom. The summed E-state index contributed by atoms with van der Waals surface area (Å²) in [5.74, 6) is 0.391. The van der Waals surface area contributed by atoms with Gasteiger partial charge in [0.2, 0.25) is 10.0 Å². The van der Waals surface area contributed by atoms with Crippen molar-refractivity contribution in [2.24, 2.45) is 0 Å². The fraction of sp³-hybridized carbons (Fsp3) is 0.300. The van der Waals surface area contributed by atoms with Crippen LogP contribution in [-0.4, -0.2) is 20.8 Å². The van der Waals surface area contributed by atoms with Crippen LogP contribution in [0.1, 0.15) is 6.92 Å². The first-order chi connectivity index (χ1) is 7.90. The van der Waals surface area contributed by atoms with Gasteiger partial charge in [0.15, 0.2) is 5.25 Å². The number of halogens is 1. The van der Waals surface area contributed by atoms with Gasteiger partial charge in [-0.15, -0.1) is 0 Å². The third-order valence-corrected chi connectivity index (χ3v) is 4.09. The van der Waals surface area contributed by atoms with E-state index in [1.54, 1.807) is 24.3 Å². The second kappa shape index (κ2) is 5.38. The van der Waals surface area contributed by atoms with Crippen LogP contribution in [0, 0.1) is 11.3 Å². The molecule has 17 heavy (non-hydrogen) atoms. The van der Waals surface area contributed by atoms with E-state index < -0.39 is 15.3 Å². The van der Waals surface area contributed by atoms with E-state index in [0.29, 0.717) is 15.9 Å². The summed E-state index contributed by atoms with van der Waals surface area (Å²) in [4.78, 5) is 0. The molecule has 0 saturated heterocycles. The number of hydrogen-bond donors (Lipinski definition) is 1. The van der Waals surface area contributed by atoms with Crippen LogP contribution in [0.5, 0.6) is 5.75 Å². The van der Waals surface area contributed by atoms with Crippen molar-refractivity contribution >= 4 is 31.6 Å². The number of methoxy groups -OCH3 is 1. The standard InChI is InChI=1S/C10H11BrN2O3S/c1-7(6-12)17(14,15)13-9-5-8(11)3-4-10(9)16-2/h3-5,7,13H,1-2H3. The molecule has 1 rings (SSSR count). The van der Waals surface area contributed by atoms with E-state index in [1.165, 1.54) is 14.0 Å². The quantitative estimate of drug-likeness (QED) is 0.922. The summed E-state index contributed by atoms with van der Waals surface area (Å²) in [7, 11) is -2.29. The number of nitrogens with zero attached hydrogens (tertiary/aromatic N) is 1. The van der Waals surface area contributed by atoms with Gasteiger partial charge in [0.1, 0.15) is 5.75 Å². The number of rotatable bonds is 4. The fourth-order valence-corrected chi connectivity index (χ4v) is 2.21. The molecule has 0 aliphatic rings. The topological polar surface area (TPSA) is 79.2 Å². The predicted molar refractivity (Wildman–Crippen MR) is 68.3 cm³/mol. The first-order valence-electron chi connectivity index (χ1n) is 4.65. The van der Waals surface area contributed by atoms with E-state index in [-0.39, 0.29) is 0 Å². The molecule has 0 saturated carbocycles. The molecule has 0 bridgehead atoms. The zero-order valence-corrected chi connectivity index (χ0v) is 11.7. The smallest absolute Gasteiger partial charge is 0.248 e. The summed E-state index contributed by atoms with van der Waals surface area (Å²) >= 11 is 3.23. The number of hydrogen-bond acceptors (Lipinski definition) is 4. The minimum absolute atomic E-state index is 0.295. The summed E-state index contributed by atoms with van der Waals surface area (Å²) in [6, 6.07) is 6.59. The van der Waals surface area contributed by atoms with Gasteiger partial charge in [0, 0.05) is 4.47 Å². The molecule has 7 heteroatoms. The lowest BCUT2D eigenvalue weighted by molar-refractivity contribution is 0.417. The molecule has 0 spiro atoms. The van der Waals surface area contributed by atoms with Gasteiger partial charge < -0.3 is 4.74 Å². The highest BCUT2D eigenvalue weighted by Gasteiger charge is 2.21. The number of anilines is 1. The summed E-state index contributed by atoms with van der Waals surface area (Å²) in [6.45, 7) is 1.31. The molecule has 92 valence electrons. The molecule has 1 atom stereocenters. The van der Waals surface area contributed by atoms with Crippen molar-refractivity contribution < 1.29 is 13.2 Å². The Morgan fingerprint density at radius 3 is 2.71 bits per heavy atom. The molecule has 1 aromatic rings. The van der Waals surface area contributed by atoms with Gasteiger partial charge in [-0.2, -0.15) is 5.26 Å². The lowest BCUT2D eigenvalue weighted by Gasteiger charge is -2.12. The number of benzene rings is 1. The molecule has 1 N–H and O–H groups in total. The molecule has 1 aromatic carbocycles. The van der Waals surface area contributed by atoms with E-state index >= 15 is 0 Å². The van der Waals surface area contributed by atoms with Crippen molar-refractivity contribution in [3.8, 4) is 11.8 Å². The van der Waals surface area contributed by atoms with Crippen LogP contribution >= 0.6 is 15.9 Å². The highest BCUT2D eigenvalue weighted by molar-refractivity contribution is 9.10. The van der Waals surface area contributed by atoms with E-state index in [4.69, 9.17) is 10.00 Å². The molecular formula is C10H11BrN2O3S. The molecule has 5 nitrogen and oxygen atoms in total. The maximum absolute atomic E-state index is 11.7. The normalized spacial score (nSPS) is 12.6. The Hall–Kier alpha value is -1.26. The SMILES string of the molecule is COc1ccc(Br)cc1NS(=O)(=O)C(C)C#N. The first kappa shape index (κ1) is 13.8. The molecule has 0 fully saturated rings. The molecule has 0 aromatic heterocycles. The third-order valence-electron chi connectivity index (χ3n) is 2.06. The summed E-state index contributed by atoms with van der Waals surface area (Å²) in [5, 5.41) is 7.49. The molecule has 1 unspecified atom stereocenters. The van der Waals surface area contributed by atoms with Gasteiger partial charge in [-0.25, -0.2) is 8.42 Å². The molecule has 0 radical (unpaired) electrons. The minimum Gasteiger partial charge on any atom is -0.495 e. The van der Waals surface area contributed by atoms with Gasteiger partial charge in [0.25, 0.3) is 0 Å². The second-order valence-electron chi connectivity index (χ2n) is 3.26. The summed E-state index contributed by atoms with van der Waals surface area (Å²) in [5.41, 5.74) is 0.295. The van der Waals surface area contributed by atoms with Crippen LogP contribution in [-0.2, 0) is 10.0 Å². The van der Waals surface area contributed by atoms with Gasteiger partial charge in [0.05, 0.1) is 18.9 Å². The van der Waals surface area contributed by atoms with Gasteiger partial charge in [-0.1, -0.05) is 15.9 Å². The van der Waals surface area contributed by atoms with Crippen LogP contribution in [0.2, 0.25) is 0 Å². The van der Waals surface area contributed by atoms with E-state index in [0.717, 1.165) is 0 Å². The molecular weight excluding hydrogens is 308 g/mol. The third kappa shape index (κ3) is 3.35. The molecule has 0 aliphatic carbocycles. The summed E-state index contributed by atoms with van der Waals surface area (Å²) in [6.07, 6.45) is 0. The maximum Gasteiger partial charge on any atom is 0.248 e.